The lowest BCUT2D eigenvalue weighted by atomic mass is 10.4. The maximum absolute atomic E-state index is 10.4. The predicted molar refractivity (Wildman–Crippen MR) is 48.1 cm³/mol. The van der Waals surface area contributed by atoms with E-state index in [9.17, 15) is 13.5 Å². The van der Waals surface area contributed by atoms with Crippen LogP contribution in [0.25, 0.3) is 0 Å². The fraction of sp³-hybridized carbons (Fsp3) is 1.00. The molecule has 0 saturated carbocycles. The molecule has 0 bridgehead atoms. The summed E-state index contributed by atoms with van der Waals surface area (Å²) in [5, 5.41) is 9.26. The van der Waals surface area contributed by atoms with E-state index in [0.717, 1.165) is 25.9 Å². The first-order valence-electron chi connectivity index (χ1n) is 4.33. The summed E-state index contributed by atoms with van der Waals surface area (Å²) >= 11 is 0. The van der Waals surface area contributed by atoms with Gasteiger partial charge in [0.25, 0.3) is 10.1 Å². The van der Waals surface area contributed by atoms with Crippen LogP contribution in [-0.2, 0) is 10.1 Å². The van der Waals surface area contributed by atoms with Crippen molar-refractivity contribution in [2.45, 2.75) is 18.9 Å². The first-order chi connectivity index (χ1) is 5.97. The molecule has 6 heteroatoms. The van der Waals surface area contributed by atoms with E-state index >= 15 is 0 Å². The zero-order valence-corrected chi connectivity index (χ0v) is 8.20. The standard InChI is InChI=1S/C7H15NO4S/c9-7(6-13(10,11)12)5-8-3-1-2-4-8/h7,9H,1-6H2,(H,10,11,12). The highest BCUT2D eigenvalue weighted by molar-refractivity contribution is 7.85. The van der Waals surface area contributed by atoms with Gasteiger partial charge in [0.2, 0.25) is 0 Å². The Morgan fingerprint density at radius 3 is 2.31 bits per heavy atom. The lowest BCUT2D eigenvalue weighted by molar-refractivity contribution is 0.141. The largest absolute Gasteiger partial charge is 0.391 e. The zero-order chi connectivity index (χ0) is 9.90. The lowest BCUT2D eigenvalue weighted by Crippen LogP contribution is -2.34. The Hall–Kier alpha value is -0.170. The summed E-state index contributed by atoms with van der Waals surface area (Å²) in [5.41, 5.74) is 0. The highest BCUT2D eigenvalue weighted by Gasteiger charge is 2.19. The van der Waals surface area contributed by atoms with Crippen molar-refractivity contribution >= 4 is 10.1 Å². The Bertz CT molecular complexity index is 245. The van der Waals surface area contributed by atoms with Crippen molar-refractivity contribution in [3.05, 3.63) is 0 Å². The average Bonchev–Trinajstić information content (AvgIpc) is 2.34. The molecule has 0 aromatic rings. The van der Waals surface area contributed by atoms with Crippen LogP contribution in [0.15, 0.2) is 0 Å². The maximum atomic E-state index is 10.4. The third kappa shape index (κ3) is 4.56. The molecule has 2 N–H and O–H groups in total. The van der Waals surface area contributed by atoms with Crippen LogP contribution in [-0.4, -0.2) is 54.5 Å². The number of nitrogens with zero attached hydrogens (tertiary/aromatic N) is 1. The molecule has 0 radical (unpaired) electrons. The molecule has 0 aromatic heterocycles. The van der Waals surface area contributed by atoms with Gasteiger partial charge in [-0.05, 0) is 25.9 Å². The average molecular weight is 209 g/mol. The van der Waals surface area contributed by atoms with E-state index in [1.165, 1.54) is 0 Å². The first kappa shape index (κ1) is 10.9. The summed E-state index contributed by atoms with van der Waals surface area (Å²) < 4.78 is 29.2. The second kappa shape index (κ2) is 4.36. The van der Waals surface area contributed by atoms with E-state index in [1.54, 1.807) is 0 Å². The van der Waals surface area contributed by atoms with E-state index < -0.39 is 22.0 Å². The van der Waals surface area contributed by atoms with E-state index in [-0.39, 0.29) is 0 Å². The number of hydrogen-bond donors (Lipinski definition) is 2. The smallest absolute Gasteiger partial charge is 0.267 e. The molecule has 0 aliphatic carbocycles. The number of aliphatic hydroxyl groups excluding tert-OH is 1. The molecule has 1 fully saturated rings. The zero-order valence-electron chi connectivity index (χ0n) is 7.39. The molecule has 5 nitrogen and oxygen atoms in total. The normalized spacial score (nSPS) is 22.0. The number of aliphatic hydroxyl groups is 1. The highest BCUT2D eigenvalue weighted by atomic mass is 32.2. The molecule has 0 amide bonds. The van der Waals surface area contributed by atoms with E-state index in [4.69, 9.17) is 4.55 Å². The molecule has 78 valence electrons. The van der Waals surface area contributed by atoms with E-state index in [1.807, 2.05) is 4.90 Å². The van der Waals surface area contributed by atoms with Gasteiger partial charge in [0.1, 0.15) is 5.75 Å². The van der Waals surface area contributed by atoms with Gasteiger partial charge in [0, 0.05) is 6.54 Å². The number of β-amino-alcohol motifs (C(OH)–C–C–N with tert-alkyl or cyclic N) is 1. The van der Waals surface area contributed by atoms with E-state index in [2.05, 4.69) is 0 Å². The van der Waals surface area contributed by atoms with Crippen LogP contribution in [0.5, 0.6) is 0 Å². The van der Waals surface area contributed by atoms with Gasteiger partial charge in [0.15, 0.2) is 0 Å². The summed E-state index contributed by atoms with van der Waals surface area (Å²) in [4.78, 5) is 2.00. The van der Waals surface area contributed by atoms with Gasteiger partial charge in [-0.15, -0.1) is 0 Å². The SMILES string of the molecule is O=S(=O)(O)CC(O)CN1CCCC1. The summed E-state index contributed by atoms with van der Waals surface area (Å²) in [7, 11) is -4.04. The molecule has 1 aliphatic rings. The molecule has 13 heavy (non-hydrogen) atoms. The predicted octanol–water partition coefficient (Wildman–Crippen LogP) is -0.669. The Kier molecular flexibility index (Phi) is 3.66. The molecule has 1 heterocycles. The third-order valence-electron chi connectivity index (χ3n) is 2.07. The molecule has 1 rings (SSSR count). The van der Waals surface area contributed by atoms with Gasteiger partial charge >= 0.3 is 0 Å². The minimum atomic E-state index is -4.04. The van der Waals surface area contributed by atoms with Gasteiger partial charge < -0.3 is 10.0 Å². The molecule has 0 spiro atoms. The monoisotopic (exact) mass is 209 g/mol. The molecule has 1 saturated heterocycles. The number of likely N-dealkylation sites (tertiary alicyclic amines) is 1. The fourth-order valence-electron chi connectivity index (χ4n) is 1.56. The highest BCUT2D eigenvalue weighted by Crippen LogP contribution is 2.08. The second-order valence-corrected chi connectivity index (χ2v) is 4.91. The molecule has 1 unspecified atom stereocenters. The molecule has 1 atom stereocenters. The number of hydrogen-bond acceptors (Lipinski definition) is 4. The van der Waals surface area contributed by atoms with Crippen LogP contribution in [0.1, 0.15) is 12.8 Å². The maximum Gasteiger partial charge on any atom is 0.267 e. The Labute approximate surface area is 78.1 Å². The molecule has 1 aliphatic heterocycles. The van der Waals surface area contributed by atoms with Crippen molar-refractivity contribution < 1.29 is 18.1 Å². The van der Waals surface area contributed by atoms with Crippen molar-refractivity contribution in [2.24, 2.45) is 0 Å². The fourth-order valence-corrected chi connectivity index (χ4v) is 2.15. The molecule has 0 aromatic carbocycles. The van der Waals surface area contributed by atoms with Gasteiger partial charge in [-0.3, -0.25) is 4.55 Å². The van der Waals surface area contributed by atoms with Crippen molar-refractivity contribution in [1.29, 1.82) is 0 Å². The number of rotatable bonds is 4. The van der Waals surface area contributed by atoms with Crippen molar-refractivity contribution in [3.8, 4) is 0 Å². The Morgan fingerprint density at radius 2 is 1.85 bits per heavy atom. The Morgan fingerprint density at radius 1 is 1.31 bits per heavy atom. The van der Waals surface area contributed by atoms with Crippen molar-refractivity contribution in [1.82, 2.24) is 4.90 Å². The van der Waals surface area contributed by atoms with Gasteiger partial charge in [-0.25, -0.2) is 0 Å². The van der Waals surface area contributed by atoms with Gasteiger partial charge in [-0.1, -0.05) is 0 Å². The van der Waals surface area contributed by atoms with Gasteiger partial charge in [0.05, 0.1) is 6.10 Å². The molecular weight excluding hydrogens is 194 g/mol. The van der Waals surface area contributed by atoms with Crippen LogP contribution < -0.4 is 0 Å². The van der Waals surface area contributed by atoms with E-state index in [0.29, 0.717) is 6.54 Å². The Balaban J connectivity index is 2.28. The third-order valence-corrected chi connectivity index (χ3v) is 2.88. The minimum absolute atomic E-state index is 0.333. The quantitative estimate of drug-likeness (QED) is 0.600. The van der Waals surface area contributed by atoms with Crippen LogP contribution in [0.4, 0.5) is 0 Å². The van der Waals surface area contributed by atoms with Crippen LogP contribution in [0, 0.1) is 0 Å². The summed E-state index contributed by atoms with van der Waals surface area (Å²) in [6.07, 6.45) is 1.21. The lowest BCUT2D eigenvalue weighted by Gasteiger charge is -2.17. The summed E-state index contributed by atoms with van der Waals surface area (Å²) in [6.45, 7) is 2.14. The summed E-state index contributed by atoms with van der Waals surface area (Å²) in [6, 6.07) is 0. The molecular formula is C7H15NO4S. The first-order valence-corrected chi connectivity index (χ1v) is 5.94. The van der Waals surface area contributed by atoms with Crippen molar-refractivity contribution in [3.63, 3.8) is 0 Å². The van der Waals surface area contributed by atoms with Crippen LogP contribution in [0.3, 0.4) is 0 Å². The van der Waals surface area contributed by atoms with Gasteiger partial charge in [-0.2, -0.15) is 8.42 Å². The van der Waals surface area contributed by atoms with Crippen LogP contribution in [0.2, 0.25) is 0 Å². The van der Waals surface area contributed by atoms with Crippen LogP contribution >= 0.6 is 0 Å². The second-order valence-electron chi connectivity index (χ2n) is 3.41. The summed E-state index contributed by atoms with van der Waals surface area (Å²) in [5.74, 6) is -0.566. The topological polar surface area (TPSA) is 77.8 Å². The van der Waals surface area contributed by atoms with Crippen molar-refractivity contribution in [2.75, 3.05) is 25.4 Å². The minimum Gasteiger partial charge on any atom is -0.391 e.